The maximum atomic E-state index is 11.9. The van der Waals surface area contributed by atoms with E-state index < -0.39 is 0 Å². The van der Waals surface area contributed by atoms with Gasteiger partial charge in [0.15, 0.2) is 0 Å². The van der Waals surface area contributed by atoms with Crippen molar-refractivity contribution in [2.24, 2.45) is 0 Å². The van der Waals surface area contributed by atoms with E-state index in [4.69, 9.17) is 17.3 Å². The fourth-order valence-corrected chi connectivity index (χ4v) is 1.67. The molecule has 0 fully saturated rings. The number of phenols is 1. The number of phenolic OH excluding ortho intramolecular Hbond substituents is 1. The average Bonchev–Trinajstić information content (AvgIpc) is 2.32. The zero-order valence-corrected chi connectivity index (χ0v) is 10.1. The van der Waals surface area contributed by atoms with Gasteiger partial charge in [0.1, 0.15) is 5.75 Å². The fourth-order valence-electron chi connectivity index (χ4n) is 1.48. The summed E-state index contributed by atoms with van der Waals surface area (Å²) in [5.74, 6) is -0.428. The number of benzene rings is 2. The topological polar surface area (TPSA) is 75.3 Å². The Morgan fingerprint density at radius 3 is 2.67 bits per heavy atom. The highest BCUT2D eigenvalue weighted by molar-refractivity contribution is 6.31. The zero-order chi connectivity index (χ0) is 13.1. The standard InChI is InChI=1S/C13H11ClN2O2/c14-9-3-1-2-8(6-9)13(18)16-11-5-4-10(15)7-12(11)17/h1-7,17H,15H2,(H,16,18). The Balaban J connectivity index is 2.21. The van der Waals surface area contributed by atoms with Gasteiger partial charge in [-0.1, -0.05) is 17.7 Å². The van der Waals surface area contributed by atoms with Crippen molar-refractivity contribution in [1.29, 1.82) is 0 Å². The summed E-state index contributed by atoms with van der Waals surface area (Å²) in [4.78, 5) is 11.9. The highest BCUT2D eigenvalue weighted by Gasteiger charge is 2.09. The van der Waals surface area contributed by atoms with Gasteiger partial charge in [-0.25, -0.2) is 0 Å². The summed E-state index contributed by atoms with van der Waals surface area (Å²) >= 11 is 5.80. The number of halogens is 1. The minimum Gasteiger partial charge on any atom is -0.506 e. The largest absolute Gasteiger partial charge is 0.506 e. The number of anilines is 2. The minimum absolute atomic E-state index is 0.0784. The molecule has 0 saturated carbocycles. The maximum Gasteiger partial charge on any atom is 0.255 e. The van der Waals surface area contributed by atoms with Gasteiger partial charge in [-0.05, 0) is 30.3 Å². The lowest BCUT2D eigenvalue weighted by Gasteiger charge is -2.08. The maximum absolute atomic E-state index is 11.9. The van der Waals surface area contributed by atoms with Crippen LogP contribution in [-0.4, -0.2) is 11.0 Å². The van der Waals surface area contributed by atoms with Crippen LogP contribution >= 0.6 is 11.6 Å². The Morgan fingerprint density at radius 2 is 2.00 bits per heavy atom. The Labute approximate surface area is 109 Å². The van der Waals surface area contributed by atoms with Gasteiger partial charge in [0.05, 0.1) is 5.69 Å². The predicted molar refractivity (Wildman–Crippen MR) is 71.9 cm³/mol. The minimum atomic E-state index is -0.349. The van der Waals surface area contributed by atoms with Crippen molar-refractivity contribution in [1.82, 2.24) is 0 Å². The molecule has 0 heterocycles. The van der Waals surface area contributed by atoms with Crippen molar-refractivity contribution in [2.75, 3.05) is 11.1 Å². The van der Waals surface area contributed by atoms with E-state index in [1.807, 2.05) is 0 Å². The number of rotatable bonds is 2. The van der Waals surface area contributed by atoms with Crippen molar-refractivity contribution >= 4 is 28.9 Å². The van der Waals surface area contributed by atoms with Gasteiger partial charge >= 0.3 is 0 Å². The van der Waals surface area contributed by atoms with Gasteiger partial charge in [0.25, 0.3) is 5.91 Å². The second-order valence-corrected chi connectivity index (χ2v) is 4.18. The van der Waals surface area contributed by atoms with Gasteiger partial charge in [0, 0.05) is 22.3 Å². The van der Waals surface area contributed by atoms with Crippen LogP contribution in [0.4, 0.5) is 11.4 Å². The van der Waals surface area contributed by atoms with Crippen molar-refractivity contribution < 1.29 is 9.90 Å². The molecule has 0 aliphatic heterocycles. The van der Waals surface area contributed by atoms with E-state index in [1.165, 1.54) is 12.1 Å². The molecule has 2 aromatic rings. The first-order chi connectivity index (χ1) is 8.56. The number of hydrogen-bond acceptors (Lipinski definition) is 3. The van der Waals surface area contributed by atoms with E-state index in [9.17, 15) is 9.90 Å². The molecule has 0 atom stereocenters. The van der Waals surface area contributed by atoms with E-state index in [2.05, 4.69) is 5.32 Å². The Bertz CT molecular complexity index is 599. The average molecular weight is 263 g/mol. The quantitative estimate of drug-likeness (QED) is 0.575. The number of nitrogens with two attached hydrogens (primary N) is 1. The summed E-state index contributed by atoms with van der Waals surface area (Å²) in [5, 5.41) is 12.7. The number of carbonyl (C=O) groups excluding carboxylic acids is 1. The molecule has 0 bridgehead atoms. The summed E-state index contributed by atoms with van der Waals surface area (Å²) < 4.78 is 0. The number of hydrogen-bond donors (Lipinski definition) is 3. The van der Waals surface area contributed by atoms with E-state index in [0.29, 0.717) is 22.0 Å². The summed E-state index contributed by atoms with van der Waals surface area (Å²) in [5.41, 5.74) is 6.64. The van der Waals surface area contributed by atoms with Gasteiger partial charge in [0.2, 0.25) is 0 Å². The van der Waals surface area contributed by atoms with Crippen LogP contribution < -0.4 is 11.1 Å². The molecular formula is C13H11ClN2O2. The molecule has 0 aromatic heterocycles. The SMILES string of the molecule is Nc1ccc(NC(=O)c2cccc(Cl)c2)c(O)c1. The molecule has 18 heavy (non-hydrogen) atoms. The molecular weight excluding hydrogens is 252 g/mol. The second kappa shape index (κ2) is 4.98. The molecule has 92 valence electrons. The van der Waals surface area contributed by atoms with Gasteiger partial charge in [-0.3, -0.25) is 4.79 Å². The molecule has 1 amide bonds. The molecule has 2 aromatic carbocycles. The van der Waals surface area contributed by atoms with E-state index in [1.54, 1.807) is 30.3 Å². The lowest BCUT2D eigenvalue weighted by molar-refractivity contribution is 0.102. The van der Waals surface area contributed by atoms with Crippen LogP contribution in [0.3, 0.4) is 0 Å². The number of nitrogens with one attached hydrogen (secondary N) is 1. The molecule has 0 saturated heterocycles. The van der Waals surface area contributed by atoms with Crippen molar-refractivity contribution in [3.63, 3.8) is 0 Å². The number of nitrogen functional groups attached to an aromatic ring is 1. The zero-order valence-electron chi connectivity index (χ0n) is 9.35. The van der Waals surface area contributed by atoms with Crippen molar-refractivity contribution in [2.45, 2.75) is 0 Å². The van der Waals surface area contributed by atoms with E-state index in [0.717, 1.165) is 0 Å². The third kappa shape index (κ3) is 2.73. The Kier molecular flexibility index (Phi) is 3.39. The van der Waals surface area contributed by atoms with Crippen LogP contribution in [0.25, 0.3) is 0 Å². The van der Waals surface area contributed by atoms with Crippen LogP contribution in [-0.2, 0) is 0 Å². The first-order valence-corrected chi connectivity index (χ1v) is 5.59. The van der Waals surface area contributed by atoms with Gasteiger partial charge < -0.3 is 16.2 Å². The van der Waals surface area contributed by atoms with Crippen LogP contribution in [0.15, 0.2) is 42.5 Å². The predicted octanol–water partition coefficient (Wildman–Crippen LogP) is 2.88. The molecule has 0 aliphatic carbocycles. The molecule has 0 unspecified atom stereocenters. The molecule has 5 heteroatoms. The van der Waals surface area contributed by atoms with Crippen LogP contribution in [0.1, 0.15) is 10.4 Å². The normalized spacial score (nSPS) is 10.1. The highest BCUT2D eigenvalue weighted by atomic mass is 35.5. The van der Waals surface area contributed by atoms with Gasteiger partial charge in [-0.15, -0.1) is 0 Å². The first-order valence-electron chi connectivity index (χ1n) is 5.21. The summed E-state index contributed by atoms with van der Waals surface area (Å²) in [7, 11) is 0. The third-order valence-electron chi connectivity index (χ3n) is 2.36. The van der Waals surface area contributed by atoms with Crippen molar-refractivity contribution in [3.05, 3.63) is 53.1 Å². The Hall–Kier alpha value is -2.20. The van der Waals surface area contributed by atoms with E-state index in [-0.39, 0.29) is 11.7 Å². The van der Waals surface area contributed by atoms with Gasteiger partial charge in [-0.2, -0.15) is 0 Å². The van der Waals surface area contributed by atoms with Crippen LogP contribution in [0, 0.1) is 0 Å². The molecule has 0 aliphatic rings. The fraction of sp³-hybridized carbons (Fsp3) is 0. The van der Waals surface area contributed by atoms with Crippen LogP contribution in [0.5, 0.6) is 5.75 Å². The monoisotopic (exact) mass is 262 g/mol. The highest BCUT2D eigenvalue weighted by Crippen LogP contribution is 2.25. The number of carbonyl (C=O) groups is 1. The summed E-state index contributed by atoms with van der Waals surface area (Å²) in [6, 6.07) is 11.0. The molecule has 4 nitrogen and oxygen atoms in total. The molecule has 0 radical (unpaired) electrons. The number of aromatic hydroxyl groups is 1. The smallest absolute Gasteiger partial charge is 0.255 e. The summed E-state index contributed by atoms with van der Waals surface area (Å²) in [6.07, 6.45) is 0. The number of amides is 1. The molecule has 4 N–H and O–H groups in total. The van der Waals surface area contributed by atoms with Crippen LogP contribution in [0.2, 0.25) is 5.02 Å². The third-order valence-corrected chi connectivity index (χ3v) is 2.59. The van der Waals surface area contributed by atoms with E-state index >= 15 is 0 Å². The molecule has 0 spiro atoms. The van der Waals surface area contributed by atoms with Crippen molar-refractivity contribution in [3.8, 4) is 5.75 Å². The molecule has 2 rings (SSSR count). The Morgan fingerprint density at radius 1 is 1.22 bits per heavy atom. The summed E-state index contributed by atoms with van der Waals surface area (Å²) in [6.45, 7) is 0. The second-order valence-electron chi connectivity index (χ2n) is 3.74. The first kappa shape index (κ1) is 12.3. The lowest BCUT2D eigenvalue weighted by atomic mass is 10.2. The lowest BCUT2D eigenvalue weighted by Crippen LogP contribution is -2.11.